The van der Waals surface area contributed by atoms with Crippen LogP contribution in [0.3, 0.4) is 0 Å². The molecule has 0 fully saturated rings. The molecule has 0 N–H and O–H groups in total. The van der Waals surface area contributed by atoms with Gasteiger partial charge in [0.15, 0.2) is 0 Å². The molecule has 0 saturated carbocycles. The molecule has 0 bridgehead atoms. The predicted octanol–water partition coefficient (Wildman–Crippen LogP) is 4.35. The number of halogens is 2. The Hall–Kier alpha value is -1.29. The second kappa shape index (κ2) is 5.78. The molecule has 5 heteroatoms. The lowest BCUT2D eigenvalue weighted by molar-refractivity contribution is 0.604. The van der Waals surface area contributed by atoms with Crippen LogP contribution in [0.15, 0.2) is 63.9 Å². The van der Waals surface area contributed by atoms with Gasteiger partial charge >= 0.3 is 0 Å². The van der Waals surface area contributed by atoms with E-state index in [0.29, 0.717) is 10.6 Å². The van der Waals surface area contributed by atoms with Gasteiger partial charge in [-0.1, -0.05) is 59.6 Å². The molecule has 19 heavy (non-hydrogen) atoms. The van der Waals surface area contributed by atoms with E-state index >= 15 is 0 Å². The second-order valence-electron chi connectivity index (χ2n) is 3.79. The minimum Gasteiger partial charge on any atom is -0.218 e. The van der Waals surface area contributed by atoms with Crippen LogP contribution in [0.1, 0.15) is 5.56 Å². The molecule has 0 aliphatic rings. The maximum Gasteiger partial charge on any atom is 0.217 e. The topological polar surface area (TPSA) is 34.1 Å². The fraction of sp³-hybridized carbons (Fsp3) is 0. The second-order valence-corrected chi connectivity index (χ2v) is 6.74. The first-order chi connectivity index (χ1) is 9.01. The van der Waals surface area contributed by atoms with E-state index in [2.05, 4.69) is 0 Å². The molecule has 2 nitrogen and oxygen atoms in total. The molecule has 0 atom stereocenters. The number of hydrogen-bond acceptors (Lipinski definition) is 2. The summed E-state index contributed by atoms with van der Waals surface area (Å²) in [5.41, 5.74) is 0.564. The zero-order chi connectivity index (χ0) is 13.9. The highest BCUT2D eigenvalue weighted by Crippen LogP contribution is 2.26. The molecule has 0 aromatic heterocycles. The Kier molecular flexibility index (Phi) is 4.30. The molecule has 0 aliphatic carbocycles. The molecule has 98 valence electrons. The van der Waals surface area contributed by atoms with Crippen molar-refractivity contribution in [1.29, 1.82) is 0 Å². The standard InChI is InChI=1S/C14H10Cl2O2S/c15-13-9-5-4-6-11(13)10-14(16)19(17,18)12-7-2-1-3-8-12/h1-10H/b14-10-. The molecule has 2 aromatic carbocycles. The zero-order valence-corrected chi connectivity index (χ0v) is 12.1. The number of hydrogen-bond donors (Lipinski definition) is 0. The molecule has 0 amide bonds. The third-order valence-electron chi connectivity index (χ3n) is 2.48. The van der Waals surface area contributed by atoms with Crippen LogP contribution in [0, 0.1) is 0 Å². The quantitative estimate of drug-likeness (QED) is 0.844. The first-order valence-corrected chi connectivity index (χ1v) is 7.67. The van der Waals surface area contributed by atoms with Crippen molar-refractivity contribution in [3.05, 3.63) is 69.5 Å². The van der Waals surface area contributed by atoms with Gasteiger partial charge in [-0.3, -0.25) is 0 Å². The van der Waals surface area contributed by atoms with E-state index in [0.717, 1.165) is 0 Å². The summed E-state index contributed by atoms with van der Waals surface area (Å²) >= 11 is 11.9. The Morgan fingerprint density at radius 2 is 1.53 bits per heavy atom. The van der Waals surface area contributed by atoms with Gasteiger partial charge in [0.25, 0.3) is 0 Å². The molecule has 0 aliphatic heterocycles. The summed E-state index contributed by atoms with van der Waals surface area (Å²) in [5, 5.41) is 0.448. The summed E-state index contributed by atoms with van der Waals surface area (Å²) in [4.78, 5) is 0.156. The average Bonchev–Trinajstić information content (AvgIpc) is 2.42. The van der Waals surface area contributed by atoms with Crippen LogP contribution in [0.2, 0.25) is 5.02 Å². The van der Waals surface area contributed by atoms with Gasteiger partial charge < -0.3 is 0 Å². The van der Waals surface area contributed by atoms with Gasteiger partial charge in [-0.15, -0.1) is 0 Å². The third kappa shape index (κ3) is 3.18. The Labute approximate surface area is 122 Å². The van der Waals surface area contributed by atoms with Gasteiger partial charge in [-0.05, 0) is 29.8 Å². The van der Waals surface area contributed by atoms with Crippen molar-refractivity contribution in [2.45, 2.75) is 4.90 Å². The monoisotopic (exact) mass is 312 g/mol. The van der Waals surface area contributed by atoms with E-state index in [-0.39, 0.29) is 9.26 Å². The molecule has 0 radical (unpaired) electrons. The van der Waals surface area contributed by atoms with Gasteiger partial charge in [-0.2, -0.15) is 0 Å². The van der Waals surface area contributed by atoms with E-state index in [4.69, 9.17) is 23.2 Å². The number of sulfone groups is 1. The SMILES string of the molecule is O=S(=O)(/C(Cl)=C\c1ccccc1Cl)c1ccccc1. The lowest BCUT2D eigenvalue weighted by atomic mass is 10.2. The molecule has 0 heterocycles. The van der Waals surface area contributed by atoms with E-state index in [1.165, 1.54) is 18.2 Å². The van der Waals surface area contributed by atoms with Crippen LogP contribution in [-0.4, -0.2) is 8.42 Å². The van der Waals surface area contributed by atoms with E-state index < -0.39 is 9.84 Å². The Balaban J connectivity index is 2.45. The van der Waals surface area contributed by atoms with Gasteiger partial charge in [0.05, 0.1) is 4.90 Å². The van der Waals surface area contributed by atoms with Crippen molar-refractivity contribution in [2.24, 2.45) is 0 Å². The van der Waals surface area contributed by atoms with Crippen LogP contribution in [-0.2, 0) is 9.84 Å². The first kappa shape index (κ1) is 14.1. The first-order valence-electron chi connectivity index (χ1n) is 5.43. The van der Waals surface area contributed by atoms with Crippen molar-refractivity contribution >= 4 is 39.1 Å². The van der Waals surface area contributed by atoms with E-state index in [1.54, 1.807) is 42.5 Å². The Morgan fingerprint density at radius 3 is 2.16 bits per heavy atom. The lowest BCUT2D eigenvalue weighted by Crippen LogP contribution is -2.00. The normalized spacial score (nSPS) is 12.4. The summed E-state index contributed by atoms with van der Waals surface area (Å²) in [6.45, 7) is 0. The predicted molar refractivity (Wildman–Crippen MR) is 78.9 cm³/mol. The summed E-state index contributed by atoms with van der Waals surface area (Å²) < 4.78 is 24.2. The van der Waals surface area contributed by atoms with Gasteiger partial charge in [0.1, 0.15) is 4.36 Å². The molecular formula is C14H10Cl2O2S. The van der Waals surface area contributed by atoms with Gasteiger partial charge in [-0.25, -0.2) is 8.42 Å². The summed E-state index contributed by atoms with van der Waals surface area (Å²) in [6, 6.07) is 14.9. The average molecular weight is 313 g/mol. The van der Waals surface area contributed by atoms with Gasteiger partial charge in [0.2, 0.25) is 9.84 Å². The lowest BCUT2D eigenvalue weighted by Gasteiger charge is -2.03. The van der Waals surface area contributed by atoms with Crippen molar-refractivity contribution in [3.63, 3.8) is 0 Å². The molecule has 2 rings (SSSR count). The molecule has 0 spiro atoms. The van der Waals surface area contributed by atoms with Crippen molar-refractivity contribution < 1.29 is 8.42 Å². The maximum atomic E-state index is 12.2. The maximum absolute atomic E-state index is 12.2. The molecule has 0 unspecified atom stereocenters. The Morgan fingerprint density at radius 1 is 0.947 bits per heavy atom. The fourth-order valence-corrected chi connectivity index (χ4v) is 3.10. The highest BCUT2D eigenvalue weighted by Gasteiger charge is 2.18. The van der Waals surface area contributed by atoms with Crippen molar-refractivity contribution in [1.82, 2.24) is 0 Å². The molecule has 2 aromatic rings. The van der Waals surface area contributed by atoms with Crippen LogP contribution < -0.4 is 0 Å². The van der Waals surface area contributed by atoms with Crippen LogP contribution >= 0.6 is 23.2 Å². The number of rotatable bonds is 3. The molecular weight excluding hydrogens is 303 g/mol. The minimum atomic E-state index is -3.69. The smallest absolute Gasteiger partial charge is 0.217 e. The third-order valence-corrected chi connectivity index (χ3v) is 5.07. The minimum absolute atomic E-state index is 0.156. The fourth-order valence-electron chi connectivity index (χ4n) is 1.50. The Bertz CT molecular complexity index is 707. The number of benzene rings is 2. The van der Waals surface area contributed by atoms with E-state index in [1.807, 2.05) is 0 Å². The largest absolute Gasteiger partial charge is 0.218 e. The van der Waals surface area contributed by atoms with Crippen LogP contribution in [0.4, 0.5) is 0 Å². The highest BCUT2D eigenvalue weighted by molar-refractivity contribution is 7.97. The zero-order valence-electron chi connectivity index (χ0n) is 9.75. The summed E-state index contributed by atoms with van der Waals surface area (Å²) in [7, 11) is -3.69. The highest BCUT2D eigenvalue weighted by atomic mass is 35.5. The van der Waals surface area contributed by atoms with Crippen LogP contribution in [0.5, 0.6) is 0 Å². The van der Waals surface area contributed by atoms with Crippen LogP contribution in [0.25, 0.3) is 6.08 Å². The van der Waals surface area contributed by atoms with Gasteiger partial charge in [0, 0.05) is 5.02 Å². The summed E-state index contributed by atoms with van der Waals surface area (Å²) in [5.74, 6) is 0. The van der Waals surface area contributed by atoms with Crippen molar-refractivity contribution in [2.75, 3.05) is 0 Å². The molecule has 0 saturated heterocycles. The summed E-state index contributed by atoms with van der Waals surface area (Å²) in [6.07, 6.45) is 1.35. The van der Waals surface area contributed by atoms with E-state index in [9.17, 15) is 8.42 Å². The van der Waals surface area contributed by atoms with Crippen molar-refractivity contribution in [3.8, 4) is 0 Å².